The van der Waals surface area contributed by atoms with Gasteiger partial charge in [-0.1, -0.05) is 0 Å². The molecule has 1 aliphatic rings. The number of pyridine rings is 2. The van der Waals surface area contributed by atoms with Crippen LogP contribution in [0.2, 0.25) is 0 Å². The van der Waals surface area contributed by atoms with Gasteiger partial charge in [0, 0.05) is 24.5 Å². The summed E-state index contributed by atoms with van der Waals surface area (Å²) in [5.74, 6) is 0.101. The van der Waals surface area contributed by atoms with Gasteiger partial charge in [-0.25, -0.2) is 14.6 Å². The Morgan fingerprint density at radius 3 is 2.74 bits per heavy atom. The van der Waals surface area contributed by atoms with Gasteiger partial charge in [0.1, 0.15) is 5.82 Å². The fourth-order valence-corrected chi connectivity index (χ4v) is 3.94. The summed E-state index contributed by atoms with van der Waals surface area (Å²) in [5, 5.41) is 8.08. The number of fused-ring (bicyclic) bond motifs is 1. The van der Waals surface area contributed by atoms with Crippen LogP contribution in [0.5, 0.6) is 0 Å². The summed E-state index contributed by atoms with van der Waals surface area (Å²) in [4.78, 5) is 35.5. The number of nitrogens with one attached hydrogen (secondary N) is 1. The van der Waals surface area contributed by atoms with E-state index in [1.165, 1.54) is 0 Å². The van der Waals surface area contributed by atoms with Crippen LogP contribution in [0.1, 0.15) is 48.8 Å². The van der Waals surface area contributed by atoms with E-state index >= 15 is 0 Å². The first kappa shape index (κ1) is 20.8. The van der Waals surface area contributed by atoms with Gasteiger partial charge in [-0.3, -0.25) is 9.59 Å². The van der Waals surface area contributed by atoms with Crippen molar-refractivity contribution < 1.29 is 9.59 Å². The van der Waals surface area contributed by atoms with Gasteiger partial charge in [-0.05, 0) is 51.8 Å². The molecule has 0 radical (unpaired) electrons. The molecule has 9 heteroatoms. The fraction of sp³-hybridized carbons (Fsp3) is 0.409. The van der Waals surface area contributed by atoms with Gasteiger partial charge in [0.25, 0.3) is 5.91 Å². The van der Waals surface area contributed by atoms with Crippen molar-refractivity contribution in [3.8, 4) is 0 Å². The molecule has 1 saturated heterocycles. The summed E-state index contributed by atoms with van der Waals surface area (Å²) in [6, 6.07) is 5.66. The number of amides is 2. The molecule has 3 N–H and O–H groups in total. The number of rotatable bonds is 5. The molecule has 2 amide bonds. The van der Waals surface area contributed by atoms with Crippen LogP contribution in [-0.2, 0) is 4.79 Å². The largest absolute Gasteiger partial charge is 0.369 e. The van der Waals surface area contributed by atoms with Gasteiger partial charge in [0.05, 0.1) is 35.3 Å². The molecule has 1 unspecified atom stereocenters. The first-order valence-electron chi connectivity index (χ1n) is 10.5. The molecule has 0 aliphatic carbocycles. The Balaban J connectivity index is 1.49. The Kier molecular flexibility index (Phi) is 5.58. The van der Waals surface area contributed by atoms with Gasteiger partial charge >= 0.3 is 0 Å². The summed E-state index contributed by atoms with van der Waals surface area (Å²) < 4.78 is 1.84. The van der Waals surface area contributed by atoms with Crippen molar-refractivity contribution in [2.24, 2.45) is 11.7 Å². The third kappa shape index (κ3) is 4.21. The SMILES string of the molecule is Cc1nc2c(cnn2C(C)C)cc1C(=O)Nc1ccc(N2CCCC(C(N)=O)C2)nc1. The van der Waals surface area contributed by atoms with Gasteiger partial charge in [0.15, 0.2) is 5.65 Å². The first-order valence-corrected chi connectivity index (χ1v) is 10.5. The molecule has 9 nitrogen and oxygen atoms in total. The molecule has 0 aromatic carbocycles. The van der Waals surface area contributed by atoms with Crippen molar-refractivity contribution >= 4 is 34.4 Å². The van der Waals surface area contributed by atoms with Crippen LogP contribution in [0.3, 0.4) is 0 Å². The number of aryl methyl sites for hydroxylation is 1. The van der Waals surface area contributed by atoms with Crippen molar-refractivity contribution in [2.45, 2.75) is 39.7 Å². The third-order valence-electron chi connectivity index (χ3n) is 5.65. The van der Waals surface area contributed by atoms with Crippen molar-refractivity contribution in [1.29, 1.82) is 0 Å². The summed E-state index contributed by atoms with van der Waals surface area (Å²) in [6.45, 7) is 7.30. The maximum atomic E-state index is 12.9. The van der Waals surface area contributed by atoms with E-state index in [4.69, 9.17) is 5.73 Å². The monoisotopic (exact) mass is 421 g/mol. The summed E-state index contributed by atoms with van der Waals surface area (Å²) in [5.41, 5.74) is 7.96. The highest BCUT2D eigenvalue weighted by atomic mass is 16.2. The Morgan fingerprint density at radius 1 is 1.26 bits per heavy atom. The van der Waals surface area contributed by atoms with Crippen molar-refractivity contribution in [2.75, 3.05) is 23.3 Å². The summed E-state index contributed by atoms with van der Waals surface area (Å²) >= 11 is 0. The zero-order chi connectivity index (χ0) is 22.1. The standard InChI is InChI=1S/C22H27N7O2/c1-13(2)29-21-16(10-25-29)9-18(14(3)26-21)22(31)27-17-6-7-19(24-11-17)28-8-4-5-15(12-28)20(23)30/h6-7,9-11,13,15H,4-5,8,12H2,1-3H3,(H2,23,30)(H,27,31). The molecular weight excluding hydrogens is 394 g/mol. The molecule has 0 spiro atoms. The predicted octanol–water partition coefficient (Wildman–Crippen LogP) is 2.67. The molecule has 4 heterocycles. The number of nitrogens with zero attached hydrogens (tertiary/aromatic N) is 5. The van der Waals surface area contributed by atoms with E-state index in [2.05, 4.69) is 25.3 Å². The van der Waals surface area contributed by atoms with Crippen LogP contribution in [0.15, 0.2) is 30.6 Å². The van der Waals surface area contributed by atoms with Crippen LogP contribution >= 0.6 is 0 Å². The van der Waals surface area contributed by atoms with Gasteiger partial charge in [-0.15, -0.1) is 0 Å². The quantitative estimate of drug-likeness (QED) is 0.654. The predicted molar refractivity (Wildman–Crippen MR) is 119 cm³/mol. The zero-order valence-corrected chi connectivity index (χ0v) is 18.0. The molecule has 162 valence electrons. The number of hydrogen-bond acceptors (Lipinski definition) is 6. The fourth-order valence-electron chi connectivity index (χ4n) is 3.94. The Bertz CT molecular complexity index is 1120. The number of hydrogen-bond donors (Lipinski definition) is 2. The van der Waals surface area contributed by atoms with E-state index in [-0.39, 0.29) is 23.8 Å². The highest BCUT2D eigenvalue weighted by molar-refractivity contribution is 6.06. The lowest BCUT2D eigenvalue weighted by atomic mass is 9.97. The molecule has 0 bridgehead atoms. The molecular formula is C22H27N7O2. The smallest absolute Gasteiger partial charge is 0.257 e. The van der Waals surface area contributed by atoms with E-state index in [1.54, 1.807) is 12.4 Å². The van der Waals surface area contributed by atoms with Crippen LogP contribution < -0.4 is 16.0 Å². The van der Waals surface area contributed by atoms with E-state index in [0.29, 0.717) is 23.5 Å². The number of piperidine rings is 1. The average molecular weight is 422 g/mol. The maximum Gasteiger partial charge on any atom is 0.257 e. The van der Waals surface area contributed by atoms with Gasteiger partial charge < -0.3 is 16.0 Å². The van der Waals surface area contributed by atoms with Crippen molar-refractivity contribution in [1.82, 2.24) is 19.7 Å². The summed E-state index contributed by atoms with van der Waals surface area (Å²) in [7, 11) is 0. The first-order chi connectivity index (χ1) is 14.8. The van der Waals surface area contributed by atoms with E-state index in [9.17, 15) is 9.59 Å². The number of anilines is 2. The highest BCUT2D eigenvalue weighted by Crippen LogP contribution is 2.23. The minimum atomic E-state index is -0.270. The van der Waals surface area contributed by atoms with Gasteiger partial charge in [0.2, 0.25) is 5.91 Å². The molecule has 1 aliphatic heterocycles. The van der Waals surface area contributed by atoms with Crippen LogP contribution in [-0.4, -0.2) is 44.7 Å². The molecule has 1 atom stereocenters. The average Bonchev–Trinajstić information content (AvgIpc) is 3.16. The van der Waals surface area contributed by atoms with Crippen LogP contribution in [0, 0.1) is 12.8 Å². The lowest BCUT2D eigenvalue weighted by molar-refractivity contribution is -0.122. The van der Waals surface area contributed by atoms with Crippen LogP contribution in [0.25, 0.3) is 11.0 Å². The molecule has 1 fully saturated rings. The number of carbonyl (C=O) groups excluding carboxylic acids is 2. The summed E-state index contributed by atoms with van der Waals surface area (Å²) in [6.07, 6.45) is 5.07. The second-order valence-electron chi connectivity index (χ2n) is 8.26. The number of carbonyl (C=O) groups is 2. The Hall–Kier alpha value is -3.49. The van der Waals surface area contributed by atoms with Crippen molar-refractivity contribution in [3.63, 3.8) is 0 Å². The lowest BCUT2D eigenvalue weighted by Crippen LogP contribution is -2.41. The van der Waals surface area contributed by atoms with Crippen LogP contribution in [0.4, 0.5) is 11.5 Å². The second-order valence-corrected chi connectivity index (χ2v) is 8.26. The van der Waals surface area contributed by atoms with E-state index in [1.807, 2.05) is 43.7 Å². The van der Waals surface area contributed by atoms with E-state index in [0.717, 1.165) is 36.2 Å². The number of nitrogens with two attached hydrogens (primary N) is 1. The van der Waals surface area contributed by atoms with Crippen molar-refractivity contribution in [3.05, 3.63) is 41.9 Å². The number of primary amides is 1. The molecule has 0 saturated carbocycles. The van der Waals surface area contributed by atoms with E-state index < -0.39 is 0 Å². The normalized spacial score (nSPS) is 16.6. The maximum absolute atomic E-state index is 12.9. The minimum absolute atomic E-state index is 0.152. The Morgan fingerprint density at radius 2 is 2.06 bits per heavy atom. The zero-order valence-electron chi connectivity index (χ0n) is 18.0. The number of aromatic nitrogens is 4. The third-order valence-corrected chi connectivity index (χ3v) is 5.65. The lowest BCUT2D eigenvalue weighted by Gasteiger charge is -2.32. The second kappa shape index (κ2) is 8.33. The topological polar surface area (TPSA) is 119 Å². The van der Waals surface area contributed by atoms with Gasteiger partial charge in [-0.2, -0.15) is 5.10 Å². The minimum Gasteiger partial charge on any atom is -0.369 e. The molecule has 4 rings (SSSR count). The molecule has 31 heavy (non-hydrogen) atoms. The Labute approximate surface area is 180 Å². The molecule has 3 aromatic heterocycles. The highest BCUT2D eigenvalue weighted by Gasteiger charge is 2.24. The molecule has 3 aromatic rings.